The zero-order valence-electron chi connectivity index (χ0n) is 20.2. The molecule has 2 heterocycles. The van der Waals surface area contributed by atoms with Crippen molar-refractivity contribution in [1.29, 1.82) is 0 Å². The van der Waals surface area contributed by atoms with Crippen LogP contribution < -0.4 is 14.4 Å². The van der Waals surface area contributed by atoms with Gasteiger partial charge in [0.1, 0.15) is 17.1 Å². The Morgan fingerprint density at radius 1 is 1.09 bits per heavy atom. The lowest BCUT2D eigenvalue weighted by Gasteiger charge is -2.40. The third-order valence-corrected chi connectivity index (χ3v) is 6.55. The van der Waals surface area contributed by atoms with E-state index in [4.69, 9.17) is 14.2 Å². The van der Waals surface area contributed by atoms with Crippen LogP contribution in [-0.2, 0) is 4.74 Å². The number of rotatable bonds is 7. The van der Waals surface area contributed by atoms with E-state index < -0.39 is 5.60 Å². The van der Waals surface area contributed by atoms with E-state index in [1.165, 1.54) is 0 Å². The number of aliphatic imine (C=N–C) groups is 1. The predicted molar refractivity (Wildman–Crippen MR) is 127 cm³/mol. The highest BCUT2D eigenvalue weighted by atomic mass is 16.5. The number of anilines is 1. The molecule has 32 heavy (non-hydrogen) atoms. The van der Waals surface area contributed by atoms with Gasteiger partial charge in [0.25, 0.3) is 0 Å². The van der Waals surface area contributed by atoms with Crippen molar-refractivity contribution in [3.63, 3.8) is 0 Å². The van der Waals surface area contributed by atoms with Crippen LogP contribution in [-0.4, -0.2) is 81.7 Å². The minimum Gasteiger partial charge on any atom is -0.497 e. The molecule has 0 radical (unpaired) electrons. The molecule has 176 valence electrons. The zero-order chi connectivity index (χ0) is 23.3. The molecule has 1 atom stereocenters. The Bertz CT molecular complexity index is 855. The van der Waals surface area contributed by atoms with Crippen LogP contribution in [0.2, 0.25) is 0 Å². The van der Waals surface area contributed by atoms with Crippen LogP contribution in [0, 0.1) is 0 Å². The average Bonchev–Trinajstić information content (AvgIpc) is 2.84. The summed E-state index contributed by atoms with van der Waals surface area (Å²) in [4.78, 5) is 23.7. The number of benzene rings is 1. The third-order valence-electron chi connectivity index (χ3n) is 6.55. The normalized spacial score (nSPS) is 21.1. The topological polar surface area (TPSA) is 66.8 Å². The number of amides is 2. The summed E-state index contributed by atoms with van der Waals surface area (Å²) >= 11 is 0. The standard InChI is InChI=1S/C24H36N4O4/c1-7-8-24(32-6)16-20(17-25-18(24)2)26(3)23(29)28-11-9-27(10-12-28)19-13-21(30-4)15-22(14-19)31-5/h13-15,17H,7-12,16H2,1-6H3. The molecule has 2 aliphatic rings. The molecule has 1 fully saturated rings. The lowest BCUT2D eigenvalue weighted by atomic mass is 9.86. The second kappa shape index (κ2) is 10.3. The van der Waals surface area contributed by atoms with Crippen LogP contribution >= 0.6 is 0 Å². The minimum atomic E-state index is -0.433. The van der Waals surface area contributed by atoms with E-state index in [0.29, 0.717) is 19.5 Å². The number of hydrogen-bond donors (Lipinski definition) is 0. The van der Waals surface area contributed by atoms with Crippen LogP contribution in [0.1, 0.15) is 33.1 Å². The molecule has 2 amide bonds. The van der Waals surface area contributed by atoms with Gasteiger partial charge in [-0.05, 0) is 13.3 Å². The number of hydrogen-bond acceptors (Lipinski definition) is 6. The summed E-state index contributed by atoms with van der Waals surface area (Å²) in [6.07, 6.45) is 4.32. The number of nitrogens with zero attached hydrogens (tertiary/aromatic N) is 4. The summed E-state index contributed by atoms with van der Waals surface area (Å²) in [6, 6.07) is 5.85. The lowest BCUT2D eigenvalue weighted by molar-refractivity contribution is 0.0356. The molecule has 0 saturated carbocycles. The summed E-state index contributed by atoms with van der Waals surface area (Å²) in [5.41, 5.74) is 2.45. The van der Waals surface area contributed by atoms with Crippen molar-refractivity contribution in [2.75, 3.05) is 59.5 Å². The molecule has 8 nitrogen and oxygen atoms in total. The van der Waals surface area contributed by atoms with Crippen molar-refractivity contribution in [2.45, 2.75) is 38.7 Å². The van der Waals surface area contributed by atoms with Gasteiger partial charge in [0.2, 0.25) is 0 Å². The Kier molecular flexibility index (Phi) is 7.66. The van der Waals surface area contributed by atoms with Gasteiger partial charge in [0, 0.05) is 88.3 Å². The maximum Gasteiger partial charge on any atom is 0.324 e. The summed E-state index contributed by atoms with van der Waals surface area (Å²) in [6.45, 7) is 6.90. The molecular formula is C24H36N4O4. The highest BCUT2D eigenvalue weighted by Crippen LogP contribution is 2.33. The van der Waals surface area contributed by atoms with Gasteiger partial charge in [-0.15, -0.1) is 0 Å². The second-order valence-corrected chi connectivity index (χ2v) is 8.35. The number of carbonyl (C=O) groups is 1. The first-order valence-electron chi connectivity index (χ1n) is 11.2. The van der Waals surface area contributed by atoms with Gasteiger partial charge in [0.05, 0.1) is 14.2 Å². The smallest absolute Gasteiger partial charge is 0.324 e. The van der Waals surface area contributed by atoms with Crippen LogP contribution in [0.5, 0.6) is 11.5 Å². The van der Waals surface area contributed by atoms with Crippen molar-refractivity contribution >= 4 is 17.4 Å². The molecule has 1 unspecified atom stereocenters. The summed E-state index contributed by atoms with van der Waals surface area (Å²) in [7, 11) is 6.85. The van der Waals surface area contributed by atoms with Gasteiger partial charge in [-0.2, -0.15) is 0 Å². The molecule has 0 aromatic heterocycles. The highest BCUT2D eigenvalue weighted by Gasteiger charge is 2.38. The quantitative estimate of drug-likeness (QED) is 0.641. The number of piperazine rings is 1. The van der Waals surface area contributed by atoms with Crippen LogP contribution in [0.3, 0.4) is 0 Å². The van der Waals surface area contributed by atoms with E-state index >= 15 is 0 Å². The molecule has 1 aromatic rings. The fraction of sp³-hybridized carbons (Fsp3) is 0.583. The molecule has 0 aliphatic carbocycles. The zero-order valence-corrected chi connectivity index (χ0v) is 20.2. The maximum absolute atomic E-state index is 13.2. The van der Waals surface area contributed by atoms with Crippen molar-refractivity contribution in [3.8, 4) is 11.5 Å². The number of urea groups is 1. The van der Waals surface area contributed by atoms with Gasteiger partial charge in [-0.3, -0.25) is 9.89 Å². The van der Waals surface area contributed by atoms with E-state index in [9.17, 15) is 4.79 Å². The molecule has 0 bridgehead atoms. The van der Waals surface area contributed by atoms with Crippen LogP contribution in [0.25, 0.3) is 0 Å². The molecular weight excluding hydrogens is 408 g/mol. The first-order valence-corrected chi connectivity index (χ1v) is 11.2. The molecule has 2 aliphatic heterocycles. The van der Waals surface area contributed by atoms with Crippen molar-refractivity contribution in [1.82, 2.24) is 9.80 Å². The van der Waals surface area contributed by atoms with Gasteiger partial charge in [-0.1, -0.05) is 13.3 Å². The Balaban J connectivity index is 1.65. The number of carbonyl (C=O) groups excluding carboxylic acids is 1. The van der Waals surface area contributed by atoms with Gasteiger partial charge in [-0.25, -0.2) is 4.79 Å². The Morgan fingerprint density at radius 3 is 2.25 bits per heavy atom. The predicted octanol–water partition coefficient (Wildman–Crippen LogP) is 3.77. The van der Waals surface area contributed by atoms with Crippen LogP contribution in [0.15, 0.2) is 35.1 Å². The Morgan fingerprint density at radius 2 is 1.72 bits per heavy atom. The van der Waals surface area contributed by atoms with Gasteiger partial charge in [0.15, 0.2) is 0 Å². The SMILES string of the molecule is CCCC1(OC)CC(N(C)C(=O)N2CCN(c3cc(OC)cc(OC)c3)CC2)=CN=C1C. The fourth-order valence-electron chi connectivity index (χ4n) is 4.42. The first kappa shape index (κ1) is 23.9. The summed E-state index contributed by atoms with van der Waals surface area (Å²) < 4.78 is 16.7. The highest BCUT2D eigenvalue weighted by molar-refractivity contribution is 5.92. The molecule has 0 N–H and O–H groups in total. The van der Waals surface area contributed by atoms with Gasteiger partial charge >= 0.3 is 6.03 Å². The van der Waals surface area contributed by atoms with E-state index in [0.717, 1.165) is 54.5 Å². The van der Waals surface area contributed by atoms with Gasteiger partial charge < -0.3 is 24.0 Å². The largest absolute Gasteiger partial charge is 0.497 e. The molecule has 1 aromatic carbocycles. The molecule has 1 saturated heterocycles. The van der Waals surface area contributed by atoms with E-state index in [2.05, 4.69) is 16.8 Å². The number of methoxy groups -OCH3 is 3. The maximum atomic E-state index is 13.2. The molecule has 3 rings (SSSR count). The monoisotopic (exact) mass is 444 g/mol. The second-order valence-electron chi connectivity index (χ2n) is 8.35. The van der Waals surface area contributed by atoms with E-state index in [-0.39, 0.29) is 6.03 Å². The Labute approximate surface area is 191 Å². The fourth-order valence-corrected chi connectivity index (χ4v) is 4.42. The van der Waals surface area contributed by atoms with E-state index in [1.54, 1.807) is 32.4 Å². The lowest BCUT2D eigenvalue weighted by Crippen LogP contribution is -2.53. The van der Waals surface area contributed by atoms with Crippen LogP contribution in [0.4, 0.5) is 10.5 Å². The summed E-state index contributed by atoms with van der Waals surface area (Å²) in [5.74, 6) is 1.51. The van der Waals surface area contributed by atoms with Crippen molar-refractivity contribution < 1.29 is 19.0 Å². The number of ether oxygens (including phenoxy) is 3. The molecule has 0 spiro atoms. The third kappa shape index (κ3) is 4.85. The van der Waals surface area contributed by atoms with Crippen molar-refractivity contribution in [2.24, 2.45) is 4.99 Å². The van der Waals surface area contributed by atoms with Crippen molar-refractivity contribution in [3.05, 3.63) is 30.1 Å². The Hall–Kier alpha value is -2.74. The summed E-state index contributed by atoms with van der Waals surface area (Å²) in [5, 5.41) is 0. The average molecular weight is 445 g/mol. The minimum absolute atomic E-state index is 0.00428. The first-order chi connectivity index (χ1) is 15.4. The van der Waals surface area contributed by atoms with E-state index in [1.807, 2.05) is 37.1 Å². The molecule has 8 heteroatoms.